The zero-order chi connectivity index (χ0) is 19.6. The topological polar surface area (TPSA) is 139 Å². The molecule has 0 aromatic heterocycles. The van der Waals surface area contributed by atoms with E-state index in [9.17, 15) is 27.4 Å². The molecule has 2 atom stereocenters. The lowest BCUT2D eigenvalue weighted by atomic mass is 9.92. The van der Waals surface area contributed by atoms with E-state index in [1.165, 1.54) is 6.92 Å². The molecule has 0 saturated carbocycles. The Morgan fingerprint density at radius 1 is 1.36 bits per heavy atom. The number of β-lactam (4-membered cyclic amide) rings is 1. The maximum Gasteiger partial charge on any atom is 0.408 e. The largest absolute Gasteiger partial charge is 0.463 e. The average molecular weight is 378 g/mol. The second kappa shape index (κ2) is 7.40. The Morgan fingerprint density at radius 3 is 2.36 bits per heavy atom. The Morgan fingerprint density at radius 2 is 1.92 bits per heavy atom. The molecule has 0 aliphatic carbocycles. The van der Waals surface area contributed by atoms with Crippen LogP contribution in [-0.2, 0) is 29.4 Å². The maximum absolute atomic E-state index is 12.0. The van der Waals surface area contributed by atoms with Crippen LogP contribution in [0.15, 0.2) is 11.6 Å². The molecule has 1 aliphatic rings. The van der Waals surface area contributed by atoms with E-state index in [1.807, 2.05) is 0 Å². The average Bonchev–Trinajstić information content (AvgIpc) is 2.38. The minimum Gasteiger partial charge on any atom is -0.463 e. The molecule has 0 spiro atoms. The van der Waals surface area contributed by atoms with Gasteiger partial charge in [0.05, 0.1) is 6.61 Å². The van der Waals surface area contributed by atoms with Crippen LogP contribution < -0.4 is 5.32 Å². The molecule has 0 radical (unpaired) electrons. The van der Waals surface area contributed by atoms with Crippen LogP contribution in [0.5, 0.6) is 0 Å². The zero-order valence-electron chi connectivity index (χ0n) is 14.6. The number of carbonyl (C=O) groups is 3. The van der Waals surface area contributed by atoms with Gasteiger partial charge in [-0.2, -0.15) is 8.42 Å². The first kappa shape index (κ1) is 20.9. The van der Waals surface area contributed by atoms with Gasteiger partial charge in [0.25, 0.3) is 5.91 Å². The van der Waals surface area contributed by atoms with Gasteiger partial charge in [0.15, 0.2) is 0 Å². The van der Waals surface area contributed by atoms with Gasteiger partial charge in [-0.3, -0.25) is 9.35 Å². The van der Waals surface area contributed by atoms with Crippen molar-refractivity contribution in [1.29, 1.82) is 0 Å². The van der Waals surface area contributed by atoms with Crippen molar-refractivity contribution in [3.8, 4) is 0 Å². The van der Waals surface area contributed by atoms with Crippen molar-refractivity contribution in [3.05, 3.63) is 11.6 Å². The molecule has 2 amide bonds. The molecule has 2 N–H and O–H groups in total. The maximum atomic E-state index is 12.0. The third-order valence-corrected chi connectivity index (χ3v) is 3.98. The van der Waals surface area contributed by atoms with Crippen LogP contribution in [-0.4, -0.2) is 59.5 Å². The van der Waals surface area contributed by atoms with Gasteiger partial charge < -0.3 is 14.8 Å². The lowest BCUT2D eigenvalue weighted by Crippen LogP contribution is -2.72. The summed E-state index contributed by atoms with van der Waals surface area (Å²) in [5, 5.41) is 2.24. The molecular formula is C14H22N2O8S. The van der Waals surface area contributed by atoms with E-state index < -0.39 is 46.0 Å². The van der Waals surface area contributed by atoms with Gasteiger partial charge in [-0.1, -0.05) is 0 Å². The molecule has 1 aliphatic heterocycles. The number of esters is 1. The highest BCUT2D eigenvalue weighted by molar-refractivity contribution is 7.84. The Labute approximate surface area is 146 Å². The van der Waals surface area contributed by atoms with Crippen LogP contribution in [0.4, 0.5) is 4.79 Å². The molecule has 1 rings (SSSR count). The minimum atomic E-state index is -4.86. The Bertz CT molecular complexity index is 692. The third-order valence-electron chi connectivity index (χ3n) is 3.07. The van der Waals surface area contributed by atoms with Gasteiger partial charge in [-0.15, -0.1) is 0 Å². The summed E-state index contributed by atoms with van der Waals surface area (Å²) >= 11 is 0. The number of nitrogens with one attached hydrogen (secondary N) is 1. The van der Waals surface area contributed by atoms with Crippen LogP contribution in [0.2, 0.25) is 0 Å². The summed E-state index contributed by atoms with van der Waals surface area (Å²) in [7, 11) is -4.86. The fourth-order valence-corrected chi connectivity index (χ4v) is 3.11. The summed E-state index contributed by atoms with van der Waals surface area (Å²) in [6.07, 6.45) is 0.0533. The first-order valence-corrected chi connectivity index (χ1v) is 8.82. The summed E-state index contributed by atoms with van der Waals surface area (Å²) in [5.41, 5.74) is -0.720. The lowest BCUT2D eigenvalue weighted by Gasteiger charge is -2.44. The molecule has 0 aromatic carbocycles. The van der Waals surface area contributed by atoms with Gasteiger partial charge in [-0.25, -0.2) is 13.9 Å². The van der Waals surface area contributed by atoms with E-state index in [0.717, 1.165) is 6.08 Å². The van der Waals surface area contributed by atoms with E-state index in [0.29, 0.717) is 0 Å². The monoisotopic (exact) mass is 378 g/mol. The molecule has 0 unspecified atom stereocenters. The van der Waals surface area contributed by atoms with Gasteiger partial charge in [0, 0.05) is 6.08 Å². The second-order valence-corrected chi connectivity index (χ2v) is 7.61. The Balaban J connectivity index is 3.05. The van der Waals surface area contributed by atoms with Crippen molar-refractivity contribution in [3.63, 3.8) is 0 Å². The van der Waals surface area contributed by atoms with E-state index in [1.54, 1.807) is 27.7 Å². The Kier molecular flexibility index (Phi) is 6.19. The van der Waals surface area contributed by atoms with Gasteiger partial charge in [-0.05, 0) is 40.2 Å². The molecule has 0 aromatic rings. The SMILES string of the molecule is CCOC(=O)/C=C(/C)[C@H]1[C@@H](NC(=O)OC(C)(C)C)C(=O)N1S(=O)(=O)O. The van der Waals surface area contributed by atoms with Gasteiger partial charge >= 0.3 is 22.4 Å². The quantitative estimate of drug-likeness (QED) is 0.303. The molecule has 1 fully saturated rings. The highest BCUT2D eigenvalue weighted by Crippen LogP contribution is 2.29. The molecule has 1 saturated heterocycles. The number of rotatable bonds is 5. The van der Waals surface area contributed by atoms with Crippen LogP contribution in [0.1, 0.15) is 34.6 Å². The normalized spacial score (nSPS) is 21.4. The highest BCUT2D eigenvalue weighted by atomic mass is 32.2. The van der Waals surface area contributed by atoms with Crippen molar-refractivity contribution < 1.29 is 36.8 Å². The summed E-state index contributed by atoms with van der Waals surface area (Å²) in [5.74, 6) is -1.79. The lowest BCUT2D eigenvalue weighted by molar-refractivity contribution is -0.141. The van der Waals surface area contributed by atoms with Crippen molar-refractivity contribution >= 4 is 28.3 Å². The number of alkyl carbamates (subject to hydrolysis) is 1. The standard InChI is InChI=1S/C14H22N2O8S/c1-6-23-9(17)7-8(2)11-10(12(18)16(11)25(20,21)22)15-13(19)24-14(3,4)5/h7,10-11H,6H2,1-5H3,(H,15,19)(H,20,21,22)/b8-7-/t10-,11+/m1/s1. The molecule has 142 valence electrons. The number of amides is 2. The zero-order valence-corrected chi connectivity index (χ0v) is 15.4. The number of ether oxygens (including phenoxy) is 2. The fraction of sp³-hybridized carbons (Fsp3) is 0.643. The highest BCUT2D eigenvalue weighted by Gasteiger charge is 2.55. The van der Waals surface area contributed by atoms with Gasteiger partial charge in [0.2, 0.25) is 0 Å². The molecule has 10 nitrogen and oxygen atoms in total. The smallest absolute Gasteiger partial charge is 0.408 e. The number of carbonyl (C=O) groups excluding carboxylic acids is 3. The summed E-state index contributed by atoms with van der Waals surface area (Å²) in [4.78, 5) is 35.4. The van der Waals surface area contributed by atoms with Gasteiger partial charge in [0.1, 0.15) is 17.7 Å². The molecule has 25 heavy (non-hydrogen) atoms. The number of hydrogen-bond donors (Lipinski definition) is 2. The van der Waals surface area contributed by atoms with Crippen molar-refractivity contribution in [1.82, 2.24) is 9.62 Å². The van der Waals surface area contributed by atoms with Crippen molar-refractivity contribution in [2.24, 2.45) is 0 Å². The van der Waals surface area contributed by atoms with E-state index in [4.69, 9.17) is 9.47 Å². The Hall–Kier alpha value is -2.14. The predicted molar refractivity (Wildman–Crippen MR) is 85.7 cm³/mol. The number of nitrogens with zero attached hydrogens (tertiary/aromatic N) is 1. The van der Waals surface area contributed by atoms with E-state index >= 15 is 0 Å². The summed E-state index contributed by atoms with van der Waals surface area (Å²) in [6, 6.07) is -2.57. The van der Waals surface area contributed by atoms with E-state index in [-0.39, 0.29) is 16.5 Å². The van der Waals surface area contributed by atoms with Crippen molar-refractivity contribution in [2.45, 2.75) is 52.3 Å². The van der Waals surface area contributed by atoms with Crippen molar-refractivity contribution in [2.75, 3.05) is 6.61 Å². The first-order valence-electron chi connectivity index (χ1n) is 7.43. The molecule has 0 bridgehead atoms. The number of hydrogen-bond acceptors (Lipinski definition) is 7. The van der Waals surface area contributed by atoms with Crippen LogP contribution in [0.3, 0.4) is 0 Å². The molecular weight excluding hydrogens is 356 g/mol. The van der Waals surface area contributed by atoms with Crippen LogP contribution in [0.25, 0.3) is 0 Å². The van der Waals surface area contributed by atoms with Crippen LogP contribution in [0, 0.1) is 0 Å². The van der Waals surface area contributed by atoms with E-state index in [2.05, 4.69) is 5.32 Å². The van der Waals surface area contributed by atoms with Crippen LogP contribution >= 0.6 is 0 Å². The first-order chi connectivity index (χ1) is 11.3. The molecule has 11 heteroatoms. The predicted octanol–water partition coefficient (Wildman–Crippen LogP) is 0.403. The minimum absolute atomic E-state index is 0.105. The summed E-state index contributed by atoms with van der Waals surface area (Å²) in [6.45, 7) is 7.91. The second-order valence-electron chi connectivity index (χ2n) is 6.32. The molecule has 1 heterocycles. The summed E-state index contributed by atoms with van der Waals surface area (Å²) < 4.78 is 41.9. The third kappa shape index (κ3) is 5.43. The fourth-order valence-electron chi connectivity index (χ4n) is 2.20.